The molecule has 2 aromatic rings. The molecule has 0 aromatic heterocycles. The molecule has 0 spiro atoms. The third-order valence-corrected chi connectivity index (χ3v) is 3.21. The average molecular weight is 317 g/mol. The lowest BCUT2D eigenvalue weighted by atomic mass is 10.2. The Morgan fingerprint density at radius 1 is 1.23 bits per heavy atom. The summed E-state index contributed by atoms with van der Waals surface area (Å²) in [5.74, 6) is 0.708. The van der Waals surface area contributed by atoms with E-state index < -0.39 is 4.92 Å². The lowest BCUT2D eigenvalue weighted by Gasteiger charge is -2.13. The Morgan fingerprint density at radius 2 is 2.00 bits per heavy atom. The zero-order valence-corrected chi connectivity index (χ0v) is 12.9. The summed E-state index contributed by atoms with van der Waals surface area (Å²) < 4.78 is 5.14. The highest BCUT2D eigenvalue weighted by atomic mass is 32.1. The number of thiocarbonyl (C=S) groups is 1. The number of methoxy groups -OCH3 is 1. The van der Waals surface area contributed by atoms with E-state index in [2.05, 4.69) is 10.6 Å². The largest absolute Gasteiger partial charge is 0.497 e. The van der Waals surface area contributed by atoms with Crippen LogP contribution in [-0.2, 0) is 0 Å². The highest BCUT2D eigenvalue weighted by Crippen LogP contribution is 2.22. The molecule has 0 saturated heterocycles. The molecular formula is C15H15N3O3S. The number of ether oxygens (including phenoxy) is 1. The molecule has 0 unspecified atom stereocenters. The van der Waals surface area contributed by atoms with E-state index in [9.17, 15) is 10.1 Å². The minimum Gasteiger partial charge on any atom is -0.497 e. The van der Waals surface area contributed by atoms with Gasteiger partial charge in [-0.15, -0.1) is 0 Å². The van der Waals surface area contributed by atoms with Gasteiger partial charge in [0.2, 0.25) is 0 Å². The fourth-order valence-corrected chi connectivity index (χ4v) is 2.07. The van der Waals surface area contributed by atoms with Crippen LogP contribution < -0.4 is 15.4 Å². The highest BCUT2D eigenvalue weighted by molar-refractivity contribution is 7.80. The zero-order chi connectivity index (χ0) is 16.1. The molecule has 0 atom stereocenters. The third-order valence-electron chi connectivity index (χ3n) is 3.01. The van der Waals surface area contributed by atoms with Crippen LogP contribution in [0.2, 0.25) is 0 Å². The Morgan fingerprint density at radius 3 is 2.68 bits per heavy atom. The first kappa shape index (κ1) is 15.7. The Hall–Kier alpha value is -2.67. The van der Waals surface area contributed by atoms with E-state index in [4.69, 9.17) is 17.0 Å². The maximum absolute atomic E-state index is 10.8. The van der Waals surface area contributed by atoms with Crippen LogP contribution in [0.25, 0.3) is 0 Å². The molecule has 0 bridgehead atoms. The molecule has 0 radical (unpaired) electrons. The van der Waals surface area contributed by atoms with Crippen molar-refractivity contribution in [2.75, 3.05) is 17.7 Å². The Balaban J connectivity index is 2.11. The fraction of sp³-hybridized carbons (Fsp3) is 0.133. The van der Waals surface area contributed by atoms with Crippen molar-refractivity contribution in [3.8, 4) is 5.75 Å². The van der Waals surface area contributed by atoms with Crippen LogP contribution in [0.1, 0.15) is 5.56 Å². The number of aryl methyl sites for hydroxylation is 1. The van der Waals surface area contributed by atoms with Crippen LogP contribution in [0.15, 0.2) is 42.5 Å². The predicted molar refractivity (Wildman–Crippen MR) is 90.7 cm³/mol. The molecule has 0 aliphatic carbocycles. The summed E-state index contributed by atoms with van der Waals surface area (Å²) in [5.41, 5.74) is 2.23. The van der Waals surface area contributed by atoms with E-state index in [0.29, 0.717) is 16.5 Å². The topological polar surface area (TPSA) is 76.4 Å². The van der Waals surface area contributed by atoms with Crippen LogP contribution in [0.4, 0.5) is 17.1 Å². The van der Waals surface area contributed by atoms with E-state index in [0.717, 1.165) is 11.3 Å². The van der Waals surface area contributed by atoms with Crippen molar-refractivity contribution in [3.63, 3.8) is 0 Å². The number of nitro groups is 1. The van der Waals surface area contributed by atoms with E-state index in [1.165, 1.54) is 12.1 Å². The summed E-state index contributed by atoms with van der Waals surface area (Å²) in [5, 5.41) is 17.1. The maximum Gasteiger partial charge on any atom is 0.271 e. The molecule has 0 amide bonds. The van der Waals surface area contributed by atoms with E-state index >= 15 is 0 Å². The number of nitrogens with zero attached hydrogens (tertiary/aromatic N) is 1. The molecule has 0 aliphatic heterocycles. The van der Waals surface area contributed by atoms with Gasteiger partial charge in [0.15, 0.2) is 5.11 Å². The van der Waals surface area contributed by atoms with Crippen molar-refractivity contribution in [2.24, 2.45) is 0 Å². The number of nitrogens with one attached hydrogen (secondary N) is 2. The molecule has 2 aromatic carbocycles. The van der Waals surface area contributed by atoms with Gasteiger partial charge in [0, 0.05) is 29.6 Å². The molecule has 2 N–H and O–H groups in total. The smallest absolute Gasteiger partial charge is 0.271 e. The van der Waals surface area contributed by atoms with Crippen molar-refractivity contribution >= 4 is 34.4 Å². The molecule has 22 heavy (non-hydrogen) atoms. The van der Waals surface area contributed by atoms with Crippen molar-refractivity contribution in [2.45, 2.75) is 6.92 Å². The second-order valence-electron chi connectivity index (χ2n) is 4.57. The molecule has 2 rings (SSSR count). The molecular weight excluding hydrogens is 302 g/mol. The predicted octanol–water partition coefficient (Wildman–Crippen LogP) is 3.72. The Labute approximate surface area is 133 Å². The zero-order valence-electron chi connectivity index (χ0n) is 12.1. The van der Waals surface area contributed by atoms with Gasteiger partial charge < -0.3 is 15.4 Å². The van der Waals surface area contributed by atoms with Crippen LogP contribution in [0.5, 0.6) is 5.75 Å². The molecule has 0 heterocycles. The van der Waals surface area contributed by atoms with Crippen LogP contribution in [-0.4, -0.2) is 17.1 Å². The molecule has 0 fully saturated rings. The van der Waals surface area contributed by atoms with Gasteiger partial charge in [-0.3, -0.25) is 10.1 Å². The number of anilines is 2. The lowest BCUT2D eigenvalue weighted by Crippen LogP contribution is -2.19. The van der Waals surface area contributed by atoms with E-state index in [-0.39, 0.29) is 5.69 Å². The van der Waals surface area contributed by atoms with Gasteiger partial charge in [0.25, 0.3) is 5.69 Å². The molecule has 6 nitrogen and oxygen atoms in total. The van der Waals surface area contributed by atoms with Gasteiger partial charge in [0.05, 0.1) is 12.0 Å². The molecule has 114 valence electrons. The molecule has 7 heteroatoms. The number of benzene rings is 2. The fourth-order valence-electron chi connectivity index (χ4n) is 1.84. The van der Waals surface area contributed by atoms with Crippen molar-refractivity contribution in [1.82, 2.24) is 0 Å². The van der Waals surface area contributed by atoms with E-state index in [1.54, 1.807) is 19.2 Å². The number of rotatable bonds is 4. The number of non-ortho nitro benzene ring substituents is 1. The minimum absolute atomic E-state index is 0.0114. The third kappa shape index (κ3) is 3.92. The van der Waals surface area contributed by atoms with E-state index in [1.807, 2.05) is 25.1 Å². The standard InChI is InChI=1S/C15H15N3O3S/c1-10-6-7-12(18(19)20)9-14(10)17-15(22)16-11-4-3-5-13(8-11)21-2/h3-9H,1-2H3,(H2,16,17,22). The normalized spacial score (nSPS) is 9.91. The first-order chi connectivity index (χ1) is 10.5. The summed E-state index contributed by atoms with van der Waals surface area (Å²) in [4.78, 5) is 10.4. The summed E-state index contributed by atoms with van der Waals surface area (Å²) in [6.07, 6.45) is 0. The summed E-state index contributed by atoms with van der Waals surface area (Å²) >= 11 is 5.23. The van der Waals surface area contributed by atoms with Gasteiger partial charge in [-0.1, -0.05) is 12.1 Å². The molecule has 0 aliphatic rings. The quantitative estimate of drug-likeness (QED) is 0.508. The van der Waals surface area contributed by atoms with Gasteiger partial charge in [-0.05, 0) is 36.8 Å². The maximum atomic E-state index is 10.8. The highest BCUT2D eigenvalue weighted by Gasteiger charge is 2.09. The van der Waals surface area contributed by atoms with Gasteiger partial charge >= 0.3 is 0 Å². The number of nitro benzene ring substituents is 1. The lowest BCUT2D eigenvalue weighted by molar-refractivity contribution is -0.384. The van der Waals surface area contributed by atoms with Crippen LogP contribution >= 0.6 is 12.2 Å². The number of hydrogen-bond donors (Lipinski definition) is 2. The second-order valence-corrected chi connectivity index (χ2v) is 4.98. The van der Waals surface area contributed by atoms with Gasteiger partial charge in [0.1, 0.15) is 5.75 Å². The van der Waals surface area contributed by atoms with Crippen molar-refractivity contribution < 1.29 is 9.66 Å². The van der Waals surface area contributed by atoms with Crippen molar-refractivity contribution in [1.29, 1.82) is 0 Å². The summed E-state index contributed by atoms with van der Waals surface area (Å²) in [7, 11) is 1.59. The summed E-state index contributed by atoms with van der Waals surface area (Å²) in [6.45, 7) is 1.85. The monoisotopic (exact) mass is 317 g/mol. The second kappa shape index (κ2) is 6.86. The molecule has 0 saturated carbocycles. The Bertz CT molecular complexity index is 719. The first-order valence-electron chi connectivity index (χ1n) is 6.46. The number of hydrogen-bond acceptors (Lipinski definition) is 4. The Kier molecular flexibility index (Phi) is 4.90. The van der Waals surface area contributed by atoms with Crippen molar-refractivity contribution in [3.05, 3.63) is 58.1 Å². The summed E-state index contributed by atoms with van der Waals surface area (Å²) in [6, 6.07) is 11.9. The average Bonchev–Trinajstić information content (AvgIpc) is 2.49. The SMILES string of the molecule is COc1cccc(NC(=S)Nc2cc([N+](=O)[O-])ccc2C)c1. The van der Waals surface area contributed by atoms with Gasteiger partial charge in [-0.2, -0.15) is 0 Å². The van der Waals surface area contributed by atoms with Crippen LogP contribution in [0.3, 0.4) is 0 Å². The van der Waals surface area contributed by atoms with Gasteiger partial charge in [-0.25, -0.2) is 0 Å². The first-order valence-corrected chi connectivity index (χ1v) is 6.87. The minimum atomic E-state index is -0.441. The van der Waals surface area contributed by atoms with Crippen LogP contribution in [0, 0.1) is 17.0 Å².